The third kappa shape index (κ3) is 3.44. The molecule has 20 heavy (non-hydrogen) atoms. The minimum atomic E-state index is -1.16. The van der Waals surface area contributed by atoms with Crippen molar-refractivity contribution in [3.63, 3.8) is 0 Å². The zero-order valence-electron chi connectivity index (χ0n) is 10.9. The summed E-state index contributed by atoms with van der Waals surface area (Å²) in [6.07, 6.45) is 2.12. The molecule has 0 saturated heterocycles. The van der Waals surface area contributed by atoms with Gasteiger partial charge in [-0.15, -0.1) is 0 Å². The van der Waals surface area contributed by atoms with Gasteiger partial charge in [0, 0.05) is 12.5 Å². The predicted molar refractivity (Wildman–Crippen MR) is 70.5 cm³/mol. The van der Waals surface area contributed by atoms with E-state index in [-0.39, 0.29) is 17.4 Å². The number of nitrogens with one attached hydrogen (secondary N) is 1. The van der Waals surface area contributed by atoms with Gasteiger partial charge in [0.1, 0.15) is 17.1 Å². The minimum Gasteiger partial charge on any atom is -0.477 e. The van der Waals surface area contributed by atoms with Crippen molar-refractivity contribution in [1.82, 2.24) is 10.3 Å². The number of carboxylic acids is 1. The Bertz CT molecular complexity index is 607. The fourth-order valence-electron chi connectivity index (χ4n) is 1.76. The molecule has 2 aromatic rings. The van der Waals surface area contributed by atoms with Crippen molar-refractivity contribution in [1.29, 1.82) is 0 Å². The Morgan fingerprint density at radius 1 is 1.30 bits per heavy atom. The van der Waals surface area contributed by atoms with Gasteiger partial charge in [-0.05, 0) is 31.2 Å². The molecule has 2 N–H and O–H groups in total. The van der Waals surface area contributed by atoms with Crippen LogP contribution in [0.1, 0.15) is 33.7 Å². The van der Waals surface area contributed by atoms with Crippen LogP contribution in [0.4, 0.5) is 0 Å². The number of carboxylic acid groups (broad SMARTS) is 1. The lowest BCUT2D eigenvalue weighted by Gasteiger charge is -2.12. The number of hydrogen-bond acceptors (Lipinski definition) is 4. The Kier molecular flexibility index (Phi) is 4.14. The van der Waals surface area contributed by atoms with E-state index in [1.165, 1.54) is 18.2 Å². The summed E-state index contributed by atoms with van der Waals surface area (Å²) in [4.78, 5) is 26.6. The van der Waals surface area contributed by atoms with Crippen LogP contribution in [-0.4, -0.2) is 28.0 Å². The number of amides is 1. The number of rotatable bonds is 5. The van der Waals surface area contributed by atoms with Crippen LogP contribution < -0.4 is 5.32 Å². The van der Waals surface area contributed by atoms with Gasteiger partial charge in [-0.1, -0.05) is 6.07 Å². The van der Waals surface area contributed by atoms with E-state index in [0.717, 1.165) is 5.76 Å². The first kappa shape index (κ1) is 13.8. The molecule has 0 saturated carbocycles. The zero-order valence-corrected chi connectivity index (χ0v) is 10.9. The molecule has 1 amide bonds. The highest BCUT2D eigenvalue weighted by atomic mass is 16.4. The Morgan fingerprint density at radius 3 is 2.70 bits per heavy atom. The van der Waals surface area contributed by atoms with Crippen molar-refractivity contribution in [3.05, 3.63) is 53.7 Å². The molecule has 0 fully saturated rings. The summed E-state index contributed by atoms with van der Waals surface area (Å²) < 4.78 is 5.20. The number of hydrogen-bond donors (Lipinski definition) is 2. The highest BCUT2D eigenvalue weighted by Crippen LogP contribution is 2.05. The van der Waals surface area contributed by atoms with E-state index in [2.05, 4.69) is 10.3 Å². The molecule has 0 spiro atoms. The Hall–Kier alpha value is -2.63. The van der Waals surface area contributed by atoms with Gasteiger partial charge in [-0.3, -0.25) is 4.79 Å². The minimum absolute atomic E-state index is 0.0798. The number of nitrogens with zero attached hydrogens (tertiary/aromatic N) is 1. The van der Waals surface area contributed by atoms with Crippen LogP contribution in [0.3, 0.4) is 0 Å². The standard InChI is InChI=1S/C14H14N2O4/c1-9(8-10-4-3-7-20-10)15-13(17)11-5-2-6-12(16-11)14(18)19/h2-7,9H,8H2,1H3,(H,15,17)(H,18,19). The van der Waals surface area contributed by atoms with Gasteiger partial charge in [0.25, 0.3) is 5.91 Å². The Balaban J connectivity index is 2.00. The summed E-state index contributed by atoms with van der Waals surface area (Å²) >= 11 is 0. The highest BCUT2D eigenvalue weighted by molar-refractivity contribution is 5.94. The smallest absolute Gasteiger partial charge is 0.354 e. The van der Waals surface area contributed by atoms with E-state index < -0.39 is 11.9 Å². The molecule has 0 aliphatic heterocycles. The zero-order chi connectivity index (χ0) is 14.5. The second kappa shape index (κ2) is 6.01. The molecule has 1 atom stereocenters. The lowest BCUT2D eigenvalue weighted by molar-refractivity contribution is 0.0690. The molecule has 6 heteroatoms. The van der Waals surface area contributed by atoms with Gasteiger partial charge in [-0.2, -0.15) is 0 Å². The van der Waals surface area contributed by atoms with Gasteiger partial charge in [0.05, 0.1) is 6.26 Å². The van der Waals surface area contributed by atoms with Crippen LogP contribution in [0.5, 0.6) is 0 Å². The van der Waals surface area contributed by atoms with Gasteiger partial charge in [-0.25, -0.2) is 9.78 Å². The normalized spacial score (nSPS) is 11.8. The van der Waals surface area contributed by atoms with Crippen molar-refractivity contribution in [2.45, 2.75) is 19.4 Å². The monoisotopic (exact) mass is 274 g/mol. The number of aromatic nitrogens is 1. The van der Waals surface area contributed by atoms with Crippen LogP contribution >= 0.6 is 0 Å². The number of aromatic carboxylic acids is 1. The maximum Gasteiger partial charge on any atom is 0.354 e. The van der Waals surface area contributed by atoms with Gasteiger partial charge < -0.3 is 14.8 Å². The van der Waals surface area contributed by atoms with Crippen LogP contribution in [0, 0.1) is 0 Å². The fraction of sp³-hybridized carbons (Fsp3) is 0.214. The summed E-state index contributed by atoms with van der Waals surface area (Å²) in [7, 11) is 0. The summed E-state index contributed by atoms with van der Waals surface area (Å²) in [6, 6.07) is 7.76. The first-order chi connectivity index (χ1) is 9.56. The number of carbonyl (C=O) groups excluding carboxylic acids is 1. The third-order valence-electron chi connectivity index (χ3n) is 2.67. The number of carbonyl (C=O) groups is 2. The van der Waals surface area contributed by atoms with E-state index in [0.29, 0.717) is 6.42 Å². The Labute approximate surface area is 115 Å². The molecular formula is C14H14N2O4. The summed E-state index contributed by atoms with van der Waals surface area (Å²) in [5.74, 6) is -0.805. The maximum atomic E-state index is 12.0. The molecular weight excluding hydrogens is 260 g/mol. The molecule has 0 aromatic carbocycles. The SMILES string of the molecule is CC(Cc1ccco1)NC(=O)c1cccc(C(=O)O)n1. The van der Waals surface area contributed by atoms with Gasteiger partial charge >= 0.3 is 5.97 Å². The summed E-state index contributed by atoms with van der Waals surface area (Å²) in [5, 5.41) is 11.6. The molecule has 0 radical (unpaired) electrons. The first-order valence-electron chi connectivity index (χ1n) is 6.10. The molecule has 1 unspecified atom stereocenters. The average molecular weight is 274 g/mol. The molecule has 0 bridgehead atoms. The van der Waals surface area contributed by atoms with E-state index in [1.807, 2.05) is 13.0 Å². The second-order valence-electron chi connectivity index (χ2n) is 4.37. The van der Waals surface area contributed by atoms with Gasteiger partial charge in [0.15, 0.2) is 0 Å². The predicted octanol–water partition coefficient (Wildman–Crippen LogP) is 1.73. The molecule has 2 heterocycles. The summed E-state index contributed by atoms with van der Waals surface area (Å²) in [5.41, 5.74) is -0.0764. The third-order valence-corrected chi connectivity index (χ3v) is 2.67. The lowest BCUT2D eigenvalue weighted by Crippen LogP contribution is -2.34. The lowest BCUT2D eigenvalue weighted by atomic mass is 10.2. The van der Waals surface area contributed by atoms with Crippen molar-refractivity contribution in [2.75, 3.05) is 0 Å². The largest absolute Gasteiger partial charge is 0.477 e. The highest BCUT2D eigenvalue weighted by Gasteiger charge is 2.14. The van der Waals surface area contributed by atoms with E-state index in [9.17, 15) is 9.59 Å². The average Bonchev–Trinajstić information content (AvgIpc) is 2.91. The fourth-order valence-corrected chi connectivity index (χ4v) is 1.76. The number of furan rings is 1. The molecule has 2 rings (SSSR count). The molecule has 104 valence electrons. The Morgan fingerprint density at radius 2 is 2.05 bits per heavy atom. The second-order valence-corrected chi connectivity index (χ2v) is 4.37. The van der Waals surface area contributed by atoms with Crippen LogP contribution in [-0.2, 0) is 6.42 Å². The van der Waals surface area contributed by atoms with E-state index in [4.69, 9.17) is 9.52 Å². The van der Waals surface area contributed by atoms with Crippen LogP contribution in [0.25, 0.3) is 0 Å². The van der Waals surface area contributed by atoms with Crippen molar-refractivity contribution >= 4 is 11.9 Å². The first-order valence-corrected chi connectivity index (χ1v) is 6.10. The molecule has 0 aliphatic carbocycles. The van der Waals surface area contributed by atoms with Crippen LogP contribution in [0.2, 0.25) is 0 Å². The molecule has 0 aliphatic rings. The van der Waals surface area contributed by atoms with Crippen molar-refractivity contribution in [2.24, 2.45) is 0 Å². The molecule has 2 aromatic heterocycles. The molecule has 6 nitrogen and oxygen atoms in total. The quantitative estimate of drug-likeness (QED) is 0.866. The van der Waals surface area contributed by atoms with Crippen molar-refractivity contribution < 1.29 is 19.1 Å². The maximum absolute atomic E-state index is 12.0. The summed E-state index contributed by atoms with van der Waals surface area (Å²) in [6.45, 7) is 1.83. The van der Waals surface area contributed by atoms with Crippen LogP contribution in [0.15, 0.2) is 41.0 Å². The topological polar surface area (TPSA) is 92.4 Å². The van der Waals surface area contributed by atoms with E-state index in [1.54, 1.807) is 12.3 Å². The van der Waals surface area contributed by atoms with Crippen molar-refractivity contribution in [3.8, 4) is 0 Å². The van der Waals surface area contributed by atoms with E-state index >= 15 is 0 Å². The van der Waals surface area contributed by atoms with Gasteiger partial charge in [0.2, 0.25) is 0 Å². The number of pyridine rings is 1.